The Kier molecular flexibility index (Phi) is 6.40. The van der Waals surface area contributed by atoms with Crippen LogP contribution in [-0.2, 0) is 9.16 Å². The van der Waals surface area contributed by atoms with Gasteiger partial charge >= 0.3 is 0 Å². The average molecular weight is 326 g/mol. The van der Waals surface area contributed by atoms with Crippen LogP contribution in [0.5, 0.6) is 0 Å². The molecule has 0 aromatic rings. The third kappa shape index (κ3) is 4.42. The van der Waals surface area contributed by atoms with Gasteiger partial charge in [0.05, 0.1) is 18.3 Å². The molecule has 1 saturated heterocycles. The van der Waals surface area contributed by atoms with Crippen LogP contribution in [0.1, 0.15) is 34.1 Å². The predicted octanol–water partition coefficient (Wildman–Crippen LogP) is 3.64. The molecule has 22 heavy (non-hydrogen) atoms. The molecule has 1 aliphatic heterocycles. The molecule has 5 heteroatoms. The highest BCUT2D eigenvalue weighted by Gasteiger charge is 2.46. The zero-order valence-corrected chi connectivity index (χ0v) is 15.8. The summed E-state index contributed by atoms with van der Waals surface area (Å²) in [5.74, 6) is 0.121. The lowest BCUT2D eigenvalue weighted by Crippen LogP contribution is -2.56. The number of hydrogen-bond donors (Lipinski definition) is 1. The number of ether oxygens (including phenoxy) is 1. The van der Waals surface area contributed by atoms with Gasteiger partial charge in [-0.05, 0) is 18.1 Å². The fraction of sp³-hybridized carbons (Fsp3) is 0.824. The average Bonchev–Trinajstić information content (AvgIpc) is 2.39. The second-order valence-electron chi connectivity index (χ2n) is 7.79. The number of hydrogen-bond acceptors (Lipinski definition) is 3. The van der Waals surface area contributed by atoms with Gasteiger partial charge in [0.25, 0.3) is 0 Å². The monoisotopic (exact) mass is 325 g/mol. The highest BCUT2D eigenvalue weighted by molar-refractivity contribution is 6.74. The number of nitrogens with zero attached hydrogens (tertiary/aromatic N) is 1. The zero-order valence-electron chi connectivity index (χ0n) is 14.8. The molecule has 0 spiro atoms. The van der Waals surface area contributed by atoms with Crippen molar-refractivity contribution in [3.8, 4) is 0 Å². The van der Waals surface area contributed by atoms with Crippen molar-refractivity contribution in [2.24, 2.45) is 5.92 Å². The number of aliphatic hydroxyl groups excluding tert-OH is 1. The van der Waals surface area contributed by atoms with Crippen LogP contribution in [0.15, 0.2) is 12.7 Å². The van der Waals surface area contributed by atoms with E-state index in [-0.39, 0.29) is 29.7 Å². The fourth-order valence-corrected chi connectivity index (χ4v) is 3.77. The SMILES string of the molecule is [C-]#[N+]C[C@H]1O[C@@H]([C@@H](C)C=C)[C@@H](O[Si](C)(C)C(C)(C)C)C[C@H]1O. The quantitative estimate of drug-likeness (QED) is 0.477. The van der Waals surface area contributed by atoms with E-state index in [1.54, 1.807) is 0 Å². The summed E-state index contributed by atoms with van der Waals surface area (Å²) in [4.78, 5) is 3.38. The van der Waals surface area contributed by atoms with E-state index in [0.717, 1.165) is 0 Å². The molecule has 0 bridgehead atoms. The van der Waals surface area contributed by atoms with E-state index in [0.29, 0.717) is 6.42 Å². The van der Waals surface area contributed by atoms with Gasteiger partial charge in [0.1, 0.15) is 0 Å². The van der Waals surface area contributed by atoms with Gasteiger partial charge in [-0.1, -0.05) is 33.8 Å². The van der Waals surface area contributed by atoms with Gasteiger partial charge in [0.15, 0.2) is 14.4 Å². The van der Waals surface area contributed by atoms with E-state index in [2.05, 4.69) is 45.3 Å². The van der Waals surface area contributed by atoms with Gasteiger partial charge < -0.3 is 19.1 Å². The van der Waals surface area contributed by atoms with E-state index in [9.17, 15) is 5.11 Å². The van der Waals surface area contributed by atoms with Crippen molar-refractivity contribution >= 4 is 8.32 Å². The lowest BCUT2D eigenvalue weighted by atomic mass is 9.91. The van der Waals surface area contributed by atoms with Crippen molar-refractivity contribution in [3.05, 3.63) is 24.1 Å². The number of rotatable bonds is 5. The maximum atomic E-state index is 10.3. The van der Waals surface area contributed by atoms with Crippen LogP contribution in [-0.4, -0.2) is 44.4 Å². The van der Waals surface area contributed by atoms with Crippen LogP contribution in [0.25, 0.3) is 4.85 Å². The lowest BCUT2D eigenvalue weighted by Gasteiger charge is -2.46. The first kappa shape index (κ1) is 19.4. The Morgan fingerprint density at radius 1 is 1.50 bits per heavy atom. The van der Waals surface area contributed by atoms with Crippen molar-refractivity contribution in [1.29, 1.82) is 0 Å². The Morgan fingerprint density at radius 2 is 2.09 bits per heavy atom. The van der Waals surface area contributed by atoms with Crippen molar-refractivity contribution in [3.63, 3.8) is 0 Å². The molecular weight excluding hydrogens is 294 g/mol. The molecule has 0 aliphatic carbocycles. The summed E-state index contributed by atoms with van der Waals surface area (Å²) in [7, 11) is -1.95. The molecule has 1 N–H and O–H groups in total. The molecular formula is C17H31NO3Si. The van der Waals surface area contributed by atoms with Gasteiger partial charge in [-0.25, -0.2) is 6.57 Å². The Balaban J connectivity index is 2.96. The van der Waals surface area contributed by atoms with Crippen LogP contribution >= 0.6 is 0 Å². The first-order valence-corrected chi connectivity index (χ1v) is 10.9. The molecule has 0 unspecified atom stereocenters. The summed E-state index contributed by atoms with van der Waals surface area (Å²) in [6.45, 7) is 24.1. The summed E-state index contributed by atoms with van der Waals surface area (Å²) in [6.07, 6.45) is 1.02. The van der Waals surface area contributed by atoms with Crippen LogP contribution < -0.4 is 0 Å². The largest absolute Gasteiger partial charge is 0.411 e. The van der Waals surface area contributed by atoms with Gasteiger partial charge in [-0.2, -0.15) is 0 Å². The molecule has 1 fully saturated rings. The van der Waals surface area contributed by atoms with E-state index < -0.39 is 20.5 Å². The highest BCUT2D eigenvalue weighted by Crippen LogP contribution is 2.40. The lowest BCUT2D eigenvalue weighted by molar-refractivity contribution is -0.168. The minimum atomic E-state index is -1.95. The molecule has 0 aromatic heterocycles. The molecule has 0 aromatic carbocycles. The molecule has 0 saturated carbocycles. The smallest absolute Gasteiger partial charge is 0.243 e. The summed E-state index contributed by atoms with van der Waals surface area (Å²) in [5, 5.41) is 10.4. The van der Waals surface area contributed by atoms with E-state index in [4.69, 9.17) is 15.7 Å². The first-order chi connectivity index (χ1) is 10.0. The van der Waals surface area contributed by atoms with Crippen molar-refractivity contribution < 1.29 is 14.3 Å². The fourth-order valence-electron chi connectivity index (χ4n) is 2.43. The van der Waals surface area contributed by atoms with Crippen LogP contribution in [0.3, 0.4) is 0 Å². The van der Waals surface area contributed by atoms with Crippen LogP contribution in [0, 0.1) is 12.5 Å². The molecule has 126 valence electrons. The van der Waals surface area contributed by atoms with Crippen molar-refractivity contribution in [2.45, 2.75) is 76.7 Å². The zero-order chi connectivity index (χ0) is 17.1. The van der Waals surface area contributed by atoms with E-state index in [1.807, 2.05) is 13.0 Å². The maximum Gasteiger partial charge on any atom is 0.243 e. The summed E-state index contributed by atoms with van der Waals surface area (Å²) < 4.78 is 12.5. The predicted molar refractivity (Wildman–Crippen MR) is 92.2 cm³/mol. The maximum absolute atomic E-state index is 10.3. The summed E-state index contributed by atoms with van der Waals surface area (Å²) in [6, 6.07) is 0. The third-order valence-corrected chi connectivity index (χ3v) is 9.52. The van der Waals surface area contributed by atoms with Gasteiger partial charge in [-0.15, -0.1) is 6.58 Å². The highest BCUT2D eigenvalue weighted by atomic mass is 28.4. The second-order valence-corrected chi connectivity index (χ2v) is 12.6. The van der Waals surface area contributed by atoms with E-state index >= 15 is 0 Å². The Bertz CT molecular complexity index is 425. The standard InChI is InChI=1S/C17H31NO3Si/c1-9-12(2)16-14(21-22(7,8)17(3,4)5)10-13(19)15(20-16)11-18-6/h9,12-16,19H,1,10-11H2,2-5,7-8H3/t12-,13+,14-,15+,16-/m0/s1. The molecule has 1 aliphatic rings. The summed E-state index contributed by atoms with van der Waals surface area (Å²) in [5.41, 5.74) is 0. The van der Waals surface area contributed by atoms with Crippen LogP contribution in [0.4, 0.5) is 0 Å². The van der Waals surface area contributed by atoms with Gasteiger partial charge in [0, 0.05) is 12.3 Å². The Morgan fingerprint density at radius 3 is 2.55 bits per heavy atom. The van der Waals surface area contributed by atoms with Crippen LogP contribution in [0.2, 0.25) is 18.1 Å². The van der Waals surface area contributed by atoms with Crippen molar-refractivity contribution in [2.75, 3.05) is 6.54 Å². The van der Waals surface area contributed by atoms with E-state index in [1.165, 1.54) is 0 Å². The van der Waals surface area contributed by atoms with Crippen molar-refractivity contribution in [1.82, 2.24) is 0 Å². The number of aliphatic hydroxyl groups is 1. The molecule has 0 radical (unpaired) electrons. The molecule has 1 rings (SSSR count). The second kappa shape index (κ2) is 7.27. The molecule has 1 heterocycles. The van der Waals surface area contributed by atoms with Gasteiger partial charge in [-0.3, -0.25) is 0 Å². The normalized spacial score (nSPS) is 31.4. The first-order valence-electron chi connectivity index (χ1n) is 8.00. The minimum Gasteiger partial charge on any atom is -0.411 e. The molecule has 0 amide bonds. The summed E-state index contributed by atoms with van der Waals surface area (Å²) >= 11 is 0. The molecule has 4 nitrogen and oxygen atoms in total. The van der Waals surface area contributed by atoms with Gasteiger partial charge in [0.2, 0.25) is 6.54 Å². The topological polar surface area (TPSA) is 43.0 Å². The minimum absolute atomic E-state index is 0.104. The third-order valence-electron chi connectivity index (χ3n) is 5.01. The Labute approximate surface area is 136 Å². The molecule has 5 atom stereocenters. The Hall–Kier alpha value is -0.673.